The van der Waals surface area contributed by atoms with Crippen molar-refractivity contribution in [3.8, 4) is 0 Å². The third kappa shape index (κ3) is 2.90. The molecule has 2 unspecified atom stereocenters. The van der Waals surface area contributed by atoms with Crippen LogP contribution in [0.4, 0.5) is 0 Å². The Hall–Kier alpha value is -2.37. The van der Waals surface area contributed by atoms with Gasteiger partial charge in [-0.25, -0.2) is 4.98 Å². The van der Waals surface area contributed by atoms with E-state index in [1.807, 2.05) is 38.1 Å². The maximum absolute atomic E-state index is 12.6. The zero-order valence-electron chi connectivity index (χ0n) is 15.1. The smallest absolute Gasteiger partial charge is 0.307 e. The van der Waals surface area contributed by atoms with Gasteiger partial charge in [-0.15, -0.1) is 0 Å². The van der Waals surface area contributed by atoms with Crippen LogP contribution in [0.25, 0.3) is 11.0 Å². The molecule has 0 bridgehead atoms. The summed E-state index contributed by atoms with van der Waals surface area (Å²) in [4.78, 5) is 28.6. The maximum atomic E-state index is 12.6. The third-order valence-corrected chi connectivity index (χ3v) is 5.54. The molecule has 6 heteroatoms. The summed E-state index contributed by atoms with van der Waals surface area (Å²) in [5.74, 6) is -1.27. The quantitative estimate of drug-likeness (QED) is 0.874. The largest absolute Gasteiger partial charge is 0.481 e. The number of rotatable bonds is 5. The van der Waals surface area contributed by atoms with Gasteiger partial charge < -0.3 is 15.0 Å². The first-order valence-corrected chi connectivity index (χ1v) is 8.79. The molecule has 1 aliphatic carbocycles. The number of nitrogens with zero attached hydrogens (tertiary/aromatic N) is 2. The van der Waals surface area contributed by atoms with Crippen LogP contribution >= 0.6 is 0 Å². The topological polar surface area (TPSA) is 84.2 Å². The maximum Gasteiger partial charge on any atom is 0.307 e. The molecule has 0 aliphatic heterocycles. The number of nitrogens with one attached hydrogen (secondary N) is 1. The van der Waals surface area contributed by atoms with Crippen molar-refractivity contribution >= 4 is 22.9 Å². The Kier molecular flexibility index (Phi) is 4.54. The van der Waals surface area contributed by atoms with Gasteiger partial charge in [0.1, 0.15) is 5.82 Å². The fraction of sp³-hybridized carbons (Fsp3) is 0.526. The van der Waals surface area contributed by atoms with Gasteiger partial charge in [-0.1, -0.05) is 26.0 Å². The molecule has 1 heterocycles. The summed E-state index contributed by atoms with van der Waals surface area (Å²) in [6, 6.07) is 8.10. The molecule has 134 valence electrons. The molecule has 1 saturated carbocycles. The van der Waals surface area contributed by atoms with Gasteiger partial charge in [0.2, 0.25) is 5.91 Å². The first-order chi connectivity index (χ1) is 11.8. The van der Waals surface area contributed by atoms with Crippen molar-refractivity contribution in [2.45, 2.75) is 40.3 Å². The average molecular weight is 343 g/mol. The third-order valence-electron chi connectivity index (χ3n) is 5.54. The van der Waals surface area contributed by atoms with Crippen molar-refractivity contribution in [2.24, 2.45) is 23.7 Å². The molecule has 1 aromatic heterocycles. The minimum absolute atomic E-state index is 0.0217. The lowest BCUT2D eigenvalue weighted by atomic mass is 9.57. The van der Waals surface area contributed by atoms with Gasteiger partial charge in [0.15, 0.2) is 0 Å². The molecule has 4 atom stereocenters. The average Bonchev–Trinajstić information content (AvgIpc) is 2.94. The number of carbonyl (C=O) groups excluding carboxylic acids is 1. The molecule has 6 nitrogen and oxygen atoms in total. The molecule has 3 rings (SSSR count). The number of aliphatic carboxylic acids is 1. The fourth-order valence-electron chi connectivity index (χ4n) is 4.02. The lowest BCUT2D eigenvalue weighted by Crippen LogP contribution is -2.54. The van der Waals surface area contributed by atoms with Gasteiger partial charge in [0, 0.05) is 6.04 Å². The molecule has 0 saturated heterocycles. The number of carbonyl (C=O) groups is 2. The van der Waals surface area contributed by atoms with E-state index in [0.29, 0.717) is 6.54 Å². The van der Waals surface area contributed by atoms with Crippen LogP contribution in [0.5, 0.6) is 0 Å². The van der Waals surface area contributed by atoms with Gasteiger partial charge in [-0.05, 0) is 37.8 Å². The summed E-state index contributed by atoms with van der Waals surface area (Å²) < 4.78 is 2.11. The second kappa shape index (κ2) is 6.50. The van der Waals surface area contributed by atoms with Crippen molar-refractivity contribution in [3.05, 3.63) is 30.1 Å². The standard InChI is InChI=1S/C19H25N3O3/c1-10(2)22-14-8-6-5-7-13(14)21-15(22)9-20-18(23)16-11(3)12(4)17(16)19(24)25/h5-8,10-12,16-17H,9H2,1-4H3,(H,20,23)(H,24,25)/t11?,12?,16-,17+/m1/s1. The Morgan fingerprint density at radius 1 is 1.20 bits per heavy atom. The van der Waals surface area contributed by atoms with Crippen LogP contribution in [-0.2, 0) is 16.1 Å². The lowest BCUT2D eigenvalue weighted by Gasteiger charge is -2.45. The zero-order chi connectivity index (χ0) is 18.3. The highest BCUT2D eigenvalue weighted by molar-refractivity contribution is 5.87. The van der Waals surface area contributed by atoms with E-state index in [1.54, 1.807) is 0 Å². The highest BCUT2D eigenvalue weighted by Gasteiger charge is 2.52. The second-order valence-corrected chi connectivity index (χ2v) is 7.31. The summed E-state index contributed by atoms with van der Waals surface area (Å²) in [6.45, 7) is 8.30. The number of carboxylic acid groups (broad SMARTS) is 1. The van der Waals surface area contributed by atoms with Crippen LogP contribution in [0.1, 0.15) is 39.6 Å². The number of hydrogen-bond acceptors (Lipinski definition) is 3. The molecule has 0 spiro atoms. The van der Waals surface area contributed by atoms with E-state index in [2.05, 4.69) is 28.7 Å². The summed E-state index contributed by atoms with van der Waals surface area (Å²) >= 11 is 0. The number of benzene rings is 1. The Morgan fingerprint density at radius 2 is 1.84 bits per heavy atom. The highest BCUT2D eigenvalue weighted by Crippen LogP contribution is 2.45. The molecule has 1 fully saturated rings. The van der Waals surface area contributed by atoms with Crippen LogP contribution in [0.3, 0.4) is 0 Å². The normalized spacial score (nSPS) is 25.8. The molecule has 0 radical (unpaired) electrons. The van der Waals surface area contributed by atoms with E-state index < -0.39 is 17.8 Å². The predicted molar refractivity (Wildman–Crippen MR) is 94.9 cm³/mol. The molecule has 1 aromatic carbocycles. The van der Waals surface area contributed by atoms with Crippen LogP contribution in [0.15, 0.2) is 24.3 Å². The molecular weight excluding hydrogens is 318 g/mol. The number of aromatic nitrogens is 2. The van der Waals surface area contributed by atoms with Crippen LogP contribution in [0, 0.1) is 23.7 Å². The minimum Gasteiger partial charge on any atom is -0.481 e. The van der Waals surface area contributed by atoms with Gasteiger partial charge >= 0.3 is 5.97 Å². The number of imidazole rings is 1. The molecule has 25 heavy (non-hydrogen) atoms. The second-order valence-electron chi connectivity index (χ2n) is 7.31. The zero-order valence-corrected chi connectivity index (χ0v) is 15.1. The van der Waals surface area contributed by atoms with E-state index in [9.17, 15) is 14.7 Å². The van der Waals surface area contributed by atoms with Crippen molar-refractivity contribution < 1.29 is 14.7 Å². The lowest BCUT2D eigenvalue weighted by molar-refractivity contribution is -0.164. The Bertz CT molecular complexity index is 811. The summed E-state index contributed by atoms with van der Waals surface area (Å²) in [5.41, 5.74) is 1.94. The van der Waals surface area contributed by atoms with Gasteiger partial charge in [-0.2, -0.15) is 0 Å². The van der Waals surface area contributed by atoms with Crippen molar-refractivity contribution in [2.75, 3.05) is 0 Å². The number of amides is 1. The van der Waals surface area contributed by atoms with Gasteiger partial charge in [0.05, 0.1) is 29.4 Å². The van der Waals surface area contributed by atoms with Gasteiger partial charge in [0.25, 0.3) is 0 Å². The molecule has 2 N–H and O–H groups in total. The van der Waals surface area contributed by atoms with Crippen molar-refractivity contribution in [1.29, 1.82) is 0 Å². The van der Waals surface area contributed by atoms with Crippen molar-refractivity contribution in [3.63, 3.8) is 0 Å². The predicted octanol–water partition coefficient (Wildman–Crippen LogP) is 2.84. The molecule has 1 amide bonds. The first kappa shape index (κ1) is 17.5. The van der Waals surface area contributed by atoms with Crippen LogP contribution in [-0.4, -0.2) is 26.5 Å². The van der Waals surface area contributed by atoms with Crippen LogP contribution < -0.4 is 5.32 Å². The Balaban J connectivity index is 1.78. The number of carboxylic acids is 1. The number of para-hydroxylation sites is 2. The highest BCUT2D eigenvalue weighted by atomic mass is 16.4. The summed E-state index contributed by atoms with van der Waals surface area (Å²) in [5, 5.41) is 12.2. The Labute approximate surface area is 147 Å². The minimum atomic E-state index is -0.889. The van der Waals surface area contributed by atoms with Crippen molar-refractivity contribution in [1.82, 2.24) is 14.9 Å². The molecule has 1 aliphatic rings. The number of fused-ring (bicyclic) bond motifs is 1. The fourth-order valence-corrected chi connectivity index (χ4v) is 4.02. The van der Waals surface area contributed by atoms with E-state index >= 15 is 0 Å². The SMILES string of the molecule is CC1C(C)[C@H](C(=O)O)[C@@H]1C(=O)NCc1nc2ccccc2n1C(C)C. The summed E-state index contributed by atoms with van der Waals surface area (Å²) in [6.07, 6.45) is 0. The Morgan fingerprint density at radius 3 is 2.48 bits per heavy atom. The van der Waals surface area contributed by atoms with E-state index in [4.69, 9.17) is 0 Å². The first-order valence-electron chi connectivity index (χ1n) is 8.79. The molecular formula is C19H25N3O3. The van der Waals surface area contributed by atoms with E-state index in [0.717, 1.165) is 16.9 Å². The van der Waals surface area contributed by atoms with E-state index in [1.165, 1.54) is 0 Å². The number of hydrogen-bond donors (Lipinski definition) is 2. The van der Waals surface area contributed by atoms with Crippen LogP contribution in [0.2, 0.25) is 0 Å². The monoisotopic (exact) mass is 343 g/mol. The summed E-state index contributed by atoms with van der Waals surface area (Å²) in [7, 11) is 0. The van der Waals surface area contributed by atoms with E-state index in [-0.39, 0.29) is 23.8 Å². The molecule has 2 aromatic rings. The van der Waals surface area contributed by atoms with Gasteiger partial charge in [-0.3, -0.25) is 9.59 Å².